The number of benzene rings is 1. The average molecular weight is 253 g/mol. The quantitative estimate of drug-likeness (QED) is 0.849. The van der Waals surface area contributed by atoms with Gasteiger partial charge in [-0.2, -0.15) is 0 Å². The van der Waals surface area contributed by atoms with E-state index in [1.54, 1.807) is 0 Å². The van der Waals surface area contributed by atoms with Crippen LogP contribution in [0.25, 0.3) is 10.9 Å². The van der Waals surface area contributed by atoms with Crippen LogP contribution in [0.3, 0.4) is 0 Å². The van der Waals surface area contributed by atoms with Crippen LogP contribution in [0.2, 0.25) is 0 Å². The molecule has 0 radical (unpaired) electrons. The van der Waals surface area contributed by atoms with Gasteiger partial charge in [-0.3, -0.25) is 0 Å². The Kier molecular flexibility index (Phi) is 1.56. The third kappa shape index (κ3) is 1.11. The highest BCUT2D eigenvalue weighted by molar-refractivity contribution is 9.10. The minimum absolute atomic E-state index is 0.254. The normalized spacial score (nSPS) is 18.7. The van der Waals surface area contributed by atoms with Gasteiger partial charge < -0.3 is 10.3 Å². The summed E-state index contributed by atoms with van der Waals surface area (Å²) < 4.78 is 6.33. The SMILES string of the molecule is NC1(c2onc3ccc(Br)cc23)CC1. The van der Waals surface area contributed by atoms with Crippen molar-refractivity contribution in [2.24, 2.45) is 5.73 Å². The maximum atomic E-state index is 6.08. The van der Waals surface area contributed by atoms with E-state index in [0.717, 1.165) is 34.0 Å². The van der Waals surface area contributed by atoms with Crippen molar-refractivity contribution in [3.8, 4) is 0 Å². The van der Waals surface area contributed by atoms with Gasteiger partial charge in [-0.1, -0.05) is 21.1 Å². The second kappa shape index (κ2) is 2.58. The van der Waals surface area contributed by atoms with Crippen molar-refractivity contribution < 1.29 is 4.52 Å². The number of fused-ring (bicyclic) bond motifs is 1. The Morgan fingerprint density at radius 2 is 2.21 bits per heavy atom. The Morgan fingerprint density at radius 3 is 2.93 bits per heavy atom. The Labute approximate surface area is 89.4 Å². The molecule has 0 bridgehead atoms. The van der Waals surface area contributed by atoms with Crippen LogP contribution in [-0.2, 0) is 5.54 Å². The van der Waals surface area contributed by atoms with Crippen molar-refractivity contribution >= 4 is 26.8 Å². The number of rotatable bonds is 1. The van der Waals surface area contributed by atoms with E-state index in [0.29, 0.717) is 0 Å². The van der Waals surface area contributed by atoms with Crippen LogP contribution in [0, 0.1) is 0 Å². The third-order valence-electron chi connectivity index (χ3n) is 2.68. The lowest BCUT2D eigenvalue weighted by molar-refractivity contribution is 0.362. The van der Waals surface area contributed by atoms with Gasteiger partial charge in [0.25, 0.3) is 0 Å². The minimum atomic E-state index is -0.254. The van der Waals surface area contributed by atoms with Crippen molar-refractivity contribution in [1.82, 2.24) is 5.16 Å². The first-order valence-corrected chi connectivity index (χ1v) is 5.33. The summed E-state index contributed by atoms with van der Waals surface area (Å²) in [6.45, 7) is 0. The zero-order valence-electron chi connectivity index (χ0n) is 7.46. The fraction of sp³-hybridized carbons (Fsp3) is 0.300. The molecule has 1 aromatic heterocycles. The number of hydrogen-bond acceptors (Lipinski definition) is 3. The van der Waals surface area contributed by atoms with Crippen molar-refractivity contribution in [3.63, 3.8) is 0 Å². The standard InChI is InChI=1S/C10H9BrN2O/c11-6-1-2-8-7(5-6)9(14-13-8)10(12)3-4-10/h1-2,5H,3-4,12H2. The van der Waals surface area contributed by atoms with E-state index in [1.165, 1.54) is 0 Å². The van der Waals surface area contributed by atoms with Crippen molar-refractivity contribution in [2.75, 3.05) is 0 Å². The van der Waals surface area contributed by atoms with E-state index in [4.69, 9.17) is 10.3 Å². The van der Waals surface area contributed by atoms with E-state index in [9.17, 15) is 0 Å². The van der Waals surface area contributed by atoms with E-state index < -0.39 is 0 Å². The van der Waals surface area contributed by atoms with Gasteiger partial charge in [0.15, 0.2) is 5.76 Å². The summed E-state index contributed by atoms with van der Waals surface area (Å²) >= 11 is 3.43. The Hall–Kier alpha value is -0.870. The molecule has 1 aliphatic carbocycles. The number of nitrogens with two attached hydrogens (primary N) is 1. The summed E-state index contributed by atoms with van der Waals surface area (Å²) in [6.07, 6.45) is 1.98. The lowest BCUT2D eigenvalue weighted by Gasteiger charge is -2.02. The van der Waals surface area contributed by atoms with E-state index in [2.05, 4.69) is 21.1 Å². The molecule has 1 aromatic carbocycles. The second-order valence-corrected chi connectivity index (χ2v) is 4.74. The van der Waals surface area contributed by atoms with E-state index in [1.807, 2.05) is 18.2 Å². The molecule has 0 saturated heterocycles. The zero-order valence-corrected chi connectivity index (χ0v) is 9.04. The van der Waals surface area contributed by atoms with Gasteiger partial charge in [-0.15, -0.1) is 0 Å². The smallest absolute Gasteiger partial charge is 0.164 e. The van der Waals surface area contributed by atoms with E-state index in [-0.39, 0.29) is 5.54 Å². The van der Waals surface area contributed by atoms with Crippen LogP contribution in [0.1, 0.15) is 18.6 Å². The molecule has 1 heterocycles. The van der Waals surface area contributed by atoms with Gasteiger partial charge >= 0.3 is 0 Å². The molecule has 0 spiro atoms. The molecule has 0 amide bonds. The highest BCUT2D eigenvalue weighted by Gasteiger charge is 2.45. The predicted molar refractivity (Wildman–Crippen MR) is 56.8 cm³/mol. The van der Waals surface area contributed by atoms with Crippen molar-refractivity contribution in [2.45, 2.75) is 18.4 Å². The third-order valence-corrected chi connectivity index (χ3v) is 3.17. The van der Waals surface area contributed by atoms with Gasteiger partial charge in [-0.25, -0.2) is 0 Å². The van der Waals surface area contributed by atoms with Gasteiger partial charge in [0, 0.05) is 9.86 Å². The van der Waals surface area contributed by atoms with Crippen molar-refractivity contribution in [3.05, 3.63) is 28.4 Å². The molecule has 2 aromatic rings. The first-order chi connectivity index (χ1) is 6.69. The summed E-state index contributed by atoms with van der Waals surface area (Å²) in [5, 5.41) is 5.02. The Bertz CT molecular complexity index is 502. The number of hydrogen-bond donors (Lipinski definition) is 1. The van der Waals surface area contributed by atoms with Crippen LogP contribution in [0.5, 0.6) is 0 Å². The van der Waals surface area contributed by atoms with Gasteiger partial charge in [-0.05, 0) is 31.0 Å². The van der Waals surface area contributed by atoms with Crippen LogP contribution in [0.4, 0.5) is 0 Å². The molecule has 1 fully saturated rings. The minimum Gasteiger partial charge on any atom is -0.358 e. The second-order valence-electron chi connectivity index (χ2n) is 3.83. The van der Waals surface area contributed by atoms with E-state index >= 15 is 0 Å². The molecule has 4 heteroatoms. The van der Waals surface area contributed by atoms with Gasteiger partial charge in [0.1, 0.15) is 5.52 Å². The number of halogens is 1. The molecule has 0 aliphatic heterocycles. The summed E-state index contributed by atoms with van der Waals surface area (Å²) in [6, 6.07) is 5.89. The Balaban J connectivity index is 2.29. The highest BCUT2D eigenvalue weighted by atomic mass is 79.9. The fourth-order valence-electron chi connectivity index (χ4n) is 1.63. The molecule has 1 aliphatic rings. The molecule has 14 heavy (non-hydrogen) atoms. The average Bonchev–Trinajstić information content (AvgIpc) is 2.77. The molecule has 3 rings (SSSR count). The number of aromatic nitrogens is 1. The Morgan fingerprint density at radius 1 is 1.43 bits per heavy atom. The highest BCUT2D eigenvalue weighted by Crippen LogP contribution is 2.45. The maximum absolute atomic E-state index is 6.08. The molecular formula is C10H9BrN2O. The number of nitrogens with zero attached hydrogens (tertiary/aromatic N) is 1. The summed E-state index contributed by atoms with van der Waals surface area (Å²) in [5.41, 5.74) is 6.70. The van der Waals surface area contributed by atoms with Crippen molar-refractivity contribution in [1.29, 1.82) is 0 Å². The molecule has 0 unspecified atom stereocenters. The van der Waals surface area contributed by atoms with Crippen LogP contribution in [0.15, 0.2) is 27.2 Å². The largest absolute Gasteiger partial charge is 0.358 e. The fourth-order valence-corrected chi connectivity index (χ4v) is 2.00. The first-order valence-electron chi connectivity index (χ1n) is 4.53. The van der Waals surface area contributed by atoms with Crippen LogP contribution < -0.4 is 5.73 Å². The molecule has 72 valence electrons. The topological polar surface area (TPSA) is 52.0 Å². The molecule has 1 saturated carbocycles. The van der Waals surface area contributed by atoms with Crippen LogP contribution in [-0.4, -0.2) is 5.16 Å². The summed E-state index contributed by atoms with van der Waals surface area (Å²) in [5.74, 6) is 0.828. The molecular weight excluding hydrogens is 244 g/mol. The lowest BCUT2D eigenvalue weighted by Crippen LogP contribution is -2.17. The molecule has 0 atom stereocenters. The predicted octanol–water partition coefficient (Wildman–Crippen LogP) is 2.54. The summed E-state index contributed by atoms with van der Waals surface area (Å²) in [4.78, 5) is 0. The monoisotopic (exact) mass is 252 g/mol. The maximum Gasteiger partial charge on any atom is 0.164 e. The molecule has 3 nitrogen and oxygen atoms in total. The zero-order chi connectivity index (χ0) is 9.76. The van der Waals surface area contributed by atoms with Crippen LogP contribution >= 0.6 is 15.9 Å². The van der Waals surface area contributed by atoms with Gasteiger partial charge in [0.2, 0.25) is 0 Å². The molecule has 2 N–H and O–H groups in total. The summed E-state index contributed by atoms with van der Waals surface area (Å²) in [7, 11) is 0. The van der Waals surface area contributed by atoms with Gasteiger partial charge in [0.05, 0.1) is 5.54 Å². The first kappa shape index (κ1) is 8.44. The lowest BCUT2D eigenvalue weighted by atomic mass is 10.1.